The van der Waals surface area contributed by atoms with Crippen LogP contribution in [0.15, 0.2) is 58.4 Å². The van der Waals surface area contributed by atoms with E-state index in [-0.39, 0.29) is 28.1 Å². The summed E-state index contributed by atoms with van der Waals surface area (Å²) in [4.78, 5) is 49.6. The van der Waals surface area contributed by atoms with Crippen molar-refractivity contribution in [3.8, 4) is 5.75 Å². The van der Waals surface area contributed by atoms with Gasteiger partial charge in [0.1, 0.15) is 11.3 Å². The Morgan fingerprint density at radius 1 is 1.17 bits per heavy atom. The Morgan fingerprint density at radius 2 is 1.86 bits per heavy atom. The fourth-order valence-corrected chi connectivity index (χ4v) is 3.22. The molecule has 10 heteroatoms. The number of nitro groups is 1. The van der Waals surface area contributed by atoms with E-state index >= 15 is 0 Å². The van der Waals surface area contributed by atoms with Crippen LogP contribution >= 0.6 is 11.8 Å². The van der Waals surface area contributed by atoms with Crippen molar-refractivity contribution in [2.45, 2.75) is 6.92 Å². The maximum Gasteiger partial charge on any atom is 0.350 e. The summed E-state index contributed by atoms with van der Waals surface area (Å²) >= 11 is 1.04. The topological polar surface area (TPSA) is 128 Å². The lowest BCUT2D eigenvalue weighted by atomic mass is 10.2. The minimum Gasteiger partial charge on any atom is -0.423 e. The second-order valence-corrected chi connectivity index (χ2v) is 6.78. The number of thioether (sulfide) groups is 1. The summed E-state index contributed by atoms with van der Waals surface area (Å²) in [5, 5.41) is 13.7. The van der Waals surface area contributed by atoms with Crippen molar-refractivity contribution in [2.24, 2.45) is 4.99 Å². The third kappa shape index (κ3) is 4.93. The lowest BCUT2D eigenvalue weighted by molar-refractivity contribution is -0.385. The van der Waals surface area contributed by atoms with E-state index in [1.54, 1.807) is 18.2 Å². The van der Waals surface area contributed by atoms with Crippen molar-refractivity contribution in [1.29, 1.82) is 0 Å². The maximum absolute atomic E-state index is 12.2. The van der Waals surface area contributed by atoms with Gasteiger partial charge in [-0.2, -0.15) is 4.99 Å². The zero-order valence-electron chi connectivity index (χ0n) is 14.9. The van der Waals surface area contributed by atoms with E-state index in [1.165, 1.54) is 43.3 Å². The van der Waals surface area contributed by atoms with Crippen molar-refractivity contribution in [3.63, 3.8) is 0 Å². The number of hydrogen-bond acceptors (Lipinski definition) is 7. The van der Waals surface area contributed by atoms with Crippen LogP contribution in [0.3, 0.4) is 0 Å². The lowest BCUT2D eigenvalue weighted by Gasteiger charge is -2.05. The van der Waals surface area contributed by atoms with Crippen LogP contribution in [-0.2, 0) is 9.59 Å². The van der Waals surface area contributed by atoms with Gasteiger partial charge >= 0.3 is 5.97 Å². The molecule has 0 radical (unpaired) electrons. The van der Waals surface area contributed by atoms with Crippen LogP contribution in [-0.4, -0.2) is 27.9 Å². The molecule has 2 amide bonds. The van der Waals surface area contributed by atoms with E-state index in [9.17, 15) is 24.5 Å². The van der Waals surface area contributed by atoms with Gasteiger partial charge in [0, 0.05) is 13.0 Å². The number of amides is 2. The Hall–Kier alpha value is -3.79. The van der Waals surface area contributed by atoms with Gasteiger partial charge in [0.05, 0.1) is 9.83 Å². The van der Waals surface area contributed by atoms with Gasteiger partial charge in [-0.15, -0.1) is 0 Å². The summed E-state index contributed by atoms with van der Waals surface area (Å²) in [5.41, 5.74) is 0.149. The lowest BCUT2D eigenvalue weighted by Crippen LogP contribution is -2.23. The number of benzene rings is 2. The highest BCUT2D eigenvalue weighted by atomic mass is 32.2. The summed E-state index contributed by atoms with van der Waals surface area (Å²) in [6, 6.07) is 11.7. The molecule has 1 N–H and O–H groups in total. The molecule has 0 aliphatic carbocycles. The van der Waals surface area contributed by atoms with Gasteiger partial charge in [-0.25, -0.2) is 4.79 Å². The van der Waals surface area contributed by atoms with Crippen molar-refractivity contribution >= 4 is 46.5 Å². The highest BCUT2D eigenvalue weighted by molar-refractivity contribution is 8.18. The minimum atomic E-state index is -0.849. The smallest absolute Gasteiger partial charge is 0.350 e. The molecule has 3 rings (SSSR count). The average Bonchev–Trinajstić information content (AvgIpc) is 3.01. The summed E-state index contributed by atoms with van der Waals surface area (Å²) in [6.07, 6.45) is 1.58. The second kappa shape index (κ2) is 8.48. The summed E-state index contributed by atoms with van der Waals surface area (Å²) in [7, 11) is 0. The molecule has 1 aliphatic rings. The fourth-order valence-electron chi connectivity index (χ4n) is 2.36. The van der Waals surface area contributed by atoms with Crippen molar-refractivity contribution in [2.75, 3.05) is 0 Å². The second-order valence-electron chi connectivity index (χ2n) is 5.75. The molecule has 0 atom stereocenters. The molecular formula is C19H13N3O6S. The number of nitrogens with zero attached hydrogens (tertiary/aromatic N) is 2. The zero-order valence-corrected chi connectivity index (χ0v) is 15.8. The van der Waals surface area contributed by atoms with Crippen LogP contribution in [0.25, 0.3) is 6.08 Å². The number of para-hydroxylation sites is 1. The van der Waals surface area contributed by atoms with E-state index in [0.717, 1.165) is 11.8 Å². The highest BCUT2D eigenvalue weighted by Crippen LogP contribution is 2.28. The predicted octanol–water partition coefficient (Wildman–Crippen LogP) is 2.92. The third-order valence-corrected chi connectivity index (χ3v) is 4.51. The van der Waals surface area contributed by atoms with Crippen molar-refractivity contribution in [1.82, 2.24) is 5.32 Å². The first-order chi connectivity index (χ1) is 13.8. The Morgan fingerprint density at radius 3 is 2.52 bits per heavy atom. The molecule has 29 heavy (non-hydrogen) atoms. The standard InChI is InChI=1S/C19H13N3O6S/c1-11(23)20-19-21-17(24)16(29-19)10-12-6-8-13(9-7-12)28-18(25)14-4-2-3-5-15(14)22(26)27/h2-10H,1H3,(H,20,21,23,24)/b16-10-. The number of rotatable bonds is 4. The van der Waals surface area contributed by atoms with Crippen molar-refractivity contribution < 1.29 is 24.0 Å². The van der Waals surface area contributed by atoms with Crippen LogP contribution in [0.4, 0.5) is 5.69 Å². The number of carbonyl (C=O) groups is 3. The van der Waals surface area contributed by atoms with Gasteiger partial charge in [0.15, 0.2) is 5.17 Å². The number of esters is 1. The Balaban J connectivity index is 1.70. The monoisotopic (exact) mass is 411 g/mol. The molecule has 0 spiro atoms. The van der Waals surface area contributed by atoms with E-state index in [1.807, 2.05) is 0 Å². The number of nitro benzene ring substituents is 1. The first-order valence-corrected chi connectivity index (χ1v) is 9.01. The zero-order chi connectivity index (χ0) is 21.0. The quantitative estimate of drug-likeness (QED) is 0.269. The fraction of sp³-hybridized carbons (Fsp3) is 0.0526. The number of amidine groups is 1. The van der Waals surface area contributed by atoms with Crippen molar-refractivity contribution in [3.05, 3.63) is 74.7 Å². The van der Waals surface area contributed by atoms with Gasteiger partial charge in [0.2, 0.25) is 5.91 Å². The summed E-state index contributed by atoms with van der Waals surface area (Å²) < 4.78 is 5.19. The molecule has 0 unspecified atom stereocenters. The molecule has 0 fully saturated rings. The van der Waals surface area contributed by atoms with Gasteiger partial charge in [-0.3, -0.25) is 19.7 Å². The number of nitrogens with one attached hydrogen (secondary N) is 1. The maximum atomic E-state index is 12.2. The molecule has 0 saturated carbocycles. The van der Waals surface area contributed by atoms with E-state index in [4.69, 9.17) is 4.74 Å². The Bertz CT molecular complexity index is 1080. The van der Waals surface area contributed by atoms with Gasteiger partial charge in [-0.05, 0) is 41.6 Å². The Labute approximate surface area is 168 Å². The first-order valence-electron chi connectivity index (χ1n) is 8.19. The van der Waals surface area contributed by atoms with Crippen LogP contribution < -0.4 is 10.1 Å². The molecule has 2 aromatic carbocycles. The third-order valence-electron chi connectivity index (χ3n) is 3.61. The van der Waals surface area contributed by atoms with Crippen LogP contribution in [0, 0.1) is 10.1 Å². The predicted molar refractivity (Wildman–Crippen MR) is 106 cm³/mol. The van der Waals surface area contributed by atoms with Crippen LogP contribution in [0.1, 0.15) is 22.8 Å². The average molecular weight is 411 g/mol. The molecule has 2 aromatic rings. The highest BCUT2D eigenvalue weighted by Gasteiger charge is 2.23. The first kappa shape index (κ1) is 20.0. The van der Waals surface area contributed by atoms with E-state index < -0.39 is 16.8 Å². The summed E-state index contributed by atoms with van der Waals surface area (Å²) in [5.74, 6) is -1.45. The molecule has 0 aromatic heterocycles. The number of hydrogen-bond donors (Lipinski definition) is 1. The SMILES string of the molecule is CC(=O)NC1=NC(=O)/C(=C/c2ccc(OC(=O)c3ccccc3[N+](=O)[O-])cc2)S1. The molecule has 9 nitrogen and oxygen atoms in total. The van der Waals surface area contributed by atoms with Gasteiger partial charge in [-0.1, -0.05) is 24.3 Å². The number of aliphatic imine (C=N–C) groups is 1. The van der Waals surface area contributed by atoms with Gasteiger partial charge < -0.3 is 10.1 Å². The van der Waals surface area contributed by atoms with E-state index in [2.05, 4.69) is 10.3 Å². The molecule has 0 bridgehead atoms. The normalized spacial score (nSPS) is 14.4. The molecule has 146 valence electrons. The largest absolute Gasteiger partial charge is 0.423 e. The Kier molecular flexibility index (Phi) is 5.84. The summed E-state index contributed by atoms with van der Waals surface area (Å²) in [6.45, 7) is 1.32. The molecule has 1 aliphatic heterocycles. The molecule has 1 heterocycles. The number of ether oxygens (including phenoxy) is 1. The van der Waals surface area contributed by atoms with Crippen LogP contribution in [0.5, 0.6) is 5.75 Å². The molecule has 0 saturated heterocycles. The van der Waals surface area contributed by atoms with Crippen LogP contribution in [0.2, 0.25) is 0 Å². The van der Waals surface area contributed by atoms with Gasteiger partial charge in [0.25, 0.3) is 11.6 Å². The van der Waals surface area contributed by atoms with E-state index in [0.29, 0.717) is 10.5 Å². The number of carbonyl (C=O) groups excluding carboxylic acids is 3. The molecular weight excluding hydrogens is 398 g/mol. The minimum absolute atomic E-state index is 0.153.